The van der Waals surface area contributed by atoms with E-state index in [9.17, 15) is 4.79 Å². The first-order valence-electron chi connectivity index (χ1n) is 11.2. The van der Waals surface area contributed by atoms with Crippen molar-refractivity contribution in [1.82, 2.24) is 9.88 Å². The van der Waals surface area contributed by atoms with Gasteiger partial charge in [0.05, 0.1) is 34.3 Å². The van der Waals surface area contributed by atoms with Crippen LogP contribution in [-0.2, 0) is 16.0 Å². The summed E-state index contributed by atoms with van der Waals surface area (Å²) in [5.74, 6) is -0.380. The van der Waals surface area contributed by atoms with E-state index in [0.29, 0.717) is 42.7 Å². The Morgan fingerprint density at radius 2 is 2.09 bits per heavy atom. The highest BCUT2D eigenvalue weighted by atomic mass is 35.5. The van der Waals surface area contributed by atoms with Crippen molar-refractivity contribution in [3.05, 3.63) is 52.0 Å². The fourth-order valence-electron chi connectivity index (χ4n) is 4.01. The zero-order chi connectivity index (χ0) is 24.1. The van der Waals surface area contributed by atoms with Crippen LogP contribution >= 0.6 is 34.5 Å². The predicted molar refractivity (Wildman–Crippen MR) is 137 cm³/mol. The van der Waals surface area contributed by atoms with Crippen molar-refractivity contribution in [2.75, 3.05) is 50.9 Å². The number of piperazine rings is 1. The van der Waals surface area contributed by atoms with Gasteiger partial charge in [-0.3, -0.25) is 9.69 Å². The fraction of sp³-hybridized carbons (Fsp3) is 0.417. The summed E-state index contributed by atoms with van der Waals surface area (Å²) in [5, 5.41) is 11.2. The maximum absolute atomic E-state index is 11.0. The minimum absolute atomic E-state index is 0.0656. The van der Waals surface area contributed by atoms with Crippen molar-refractivity contribution < 1.29 is 19.4 Å². The van der Waals surface area contributed by atoms with Gasteiger partial charge in [-0.1, -0.05) is 40.6 Å². The topological polar surface area (TPSA) is 75.1 Å². The smallest absolute Gasteiger partial charge is 0.307 e. The van der Waals surface area contributed by atoms with Gasteiger partial charge < -0.3 is 19.5 Å². The number of thiazole rings is 1. The maximum Gasteiger partial charge on any atom is 0.307 e. The Morgan fingerprint density at radius 1 is 1.24 bits per heavy atom. The average Bonchev–Trinajstić information content (AvgIpc) is 3.23. The van der Waals surface area contributed by atoms with E-state index >= 15 is 0 Å². The van der Waals surface area contributed by atoms with E-state index < -0.39 is 5.97 Å². The molecule has 4 rings (SSSR count). The van der Waals surface area contributed by atoms with Gasteiger partial charge in [-0.25, -0.2) is 4.98 Å². The number of carboxylic acid groups (broad SMARTS) is 1. The van der Waals surface area contributed by atoms with Crippen LogP contribution in [0.5, 0.6) is 5.75 Å². The first-order chi connectivity index (χ1) is 16.4. The summed E-state index contributed by atoms with van der Waals surface area (Å²) < 4.78 is 12.8. The van der Waals surface area contributed by atoms with E-state index in [0.717, 1.165) is 40.0 Å². The van der Waals surface area contributed by atoms with E-state index in [2.05, 4.69) is 9.80 Å². The number of benzene rings is 2. The largest absolute Gasteiger partial charge is 0.491 e. The number of nitrogens with zero attached hydrogens (tertiary/aromatic N) is 3. The van der Waals surface area contributed by atoms with Crippen LogP contribution < -0.4 is 9.64 Å². The minimum atomic E-state index is -0.888. The molecule has 182 valence electrons. The molecule has 0 radical (unpaired) electrons. The summed E-state index contributed by atoms with van der Waals surface area (Å²) in [7, 11) is 0. The number of halogens is 2. The number of rotatable bonds is 10. The van der Waals surface area contributed by atoms with Gasteiger partial charge in [0.25, 0.3) is 0 Å². The zero-order valence-electron chi connectivity index (χ0n) is 18.9. The summed E-state index contributed by atoms with van der Waals surface area (Å²) in [6.07, 6.45) is -0.0656. The lowest BCUT2D eigenvalue weighted by atomic mass is 10.1. The minimum Gasteiger partial charge on any atom is -0.491 e. The number of anilines is 1. The number of ether oxygens (including phenoxy) is 2. The number of carboxylic acids is 1. The molecule has 0 amide bonds. The van der Waals surface area contributed by atoms with Crippen LogP contribution in [0.15, 0.2) is 36.4 Å². The molecule has 1 unspecified atom stereocenters. The van der Waals surface area contributed by atoms with Crippen LogP contribution in [0.4, 0.5) is 5.13 Å². The average molecular weight is 524 g/mol. The summed E-state index contributed by atoms with van der Waals surface area (Å²) in [6, 6.07) is 11.1. The third kappa shape index (κ3) is 6.31. The van der Waals surface area contributed by atoms with Crippen molar-refractivity contribution in [3.8, 4) is 5.75 Å². The number of aliphatic carboxylic acids is 1. The van der Waals surface area contributed by atoms with E-state index in [1.54, 1.807) is 29.5 Å². The van der Waals surface area contributed by atoms with Crippen molar-refractivity contribution in [2.24, 2.45) is 0 Å². The summed E-state index contributed by atoms with van der Waals surface area (Å²) in [5.41, 5.74) is 1.62. The van der Waals surface area contributed by atoms with Gasteiger partial charge in [-0.15, -0.1) is 0 Å². The quantitative estimate of drug-likeness (QED) is 0.407. The summed E-state index contributed by atoms with van der Waals surface area (Å²) in [6.45, 7) is 6.94. The van der Waals surface area contributed by atoms with Crippen molar-refractivity contribution in [2.45, 2.75) is 19.4 Å². The molecule has 0 aliphatic carbocycles. The van der Waals surface area contributed by atoms with Gasteiger partial charge in [0.15, 0.2) is 5.13 Å². The Kier molecular flexibility index (Phi) is 8.50. The molecular formula is C24H27Cl2N3O4S. The molecular weight excluding hydrogens is 497 g/mol. The van der Waals surface area contributed by atoms with Gasteiger partial charge in [0.2, 0.25) is 0 Å². The third-order valence-electron chi connectivity index (χ3n) is 5.72. The Hall–Kier alpha value is -2.10. The van der Waals surface area contributed by atoms with Gasteiger partial charge >= 0.3 is 5.97 Å². The van der Waals surface area contributed by atoms with Crippen molar-refractivity contribution in [3.63, 3.8) is 0 Å². The van der Waals surface area contributed by atoms with Gasteiger partial charge in [-0.2, -0.15) is 0 Å². The van der Waals surface area contributed by atoms with Crippen LogP contribution in [-0.4, -0.2) is 73.0 Å². The summed E-state index contributed by atoms with van der Waals surface area (Å²) in [4.78, 5) is 20.5. The van der Waals surface area contributed by atoms with E-state index in [1.807, 2.05) is 25.1 Å². The normalized spacial score (nSPS) is 16.8. The van der Waals surface area contributed by atoms with E-state index in [1.165, 1.54) is 0 Å². The molecule has 2 aromatic carbocycles. The highest BCUT2D eigenvalue weighted by Gasteiger charge is 2.28. The van der Waals surface area contributed by atoms with Crippen molar-refractivity contribution in [1.29, 1.82) is 0 Å². The Labute approximate surface area is 212 Å². The molecule has 1 fully saturated rings. The standard InChI is InChI=1S/C24H27Cl2N3O4S/c1-2-32-15-18-14-29(24-27-20-6-4-17(25)13-22(20)34-24)8-7-28(18)9-10-33-21-11-16(12-23(30)31)3-5-19(21)26/h3-6,11,13,18H,2,7-10,12,14-15H2,1H3,(H,30,31). The third-order valence-corrected chi connectivity index (χ3v) is 7.34. The van der Waals surface area contributed by atoms with Crippen LogP contribution in [0.1, 0.15) is 12.5 Å². The second kappa shape index (κ2) is 11.6. The highest BCUT2D eigenvalue weighted by molar-refractivity contribution is 7.22. The highest BCUT2D eigenvalue weighted by Crippen LogP contribution is 2.32. The van der Waals surface area contributed by atoms with Crippen LogP contribution in [0.25, 0.3) is 10.2 Å². The molecule has 1 aromatic heterocycles. The molecule has 1 atom stereocenters. The van der Waals surface area contributed by atoms with Crippen LogP contribution in [0, 0.1) is 0 Å². The molecule has 0 bridgehead atoms. The molecule has 1 saturated heterocycles. The van der Waals surface area contributed by atoms with Crippen LogP contribution in [0.3, 0.4) is 0 Å². The number of carbonyl (C=O) groups is 1. The molecule has 1 aliphatic rings. The Balaban J connectivity index is 1.38. The molecule has 34 heavy (non-hydrogen) atoms. The number of hydrogen-bond donors (Lipinski definition) is 1. The molecule has 7 nitrogen and oxygen atoms in total. The molecule has 10 heteroatoms. The number of aromatic nitrogens is 1. The zero-order valence-corrected chi connectivity index (χ0v) is 21.2. The first kappa shape index (κ1) is 25.0. The van der Waals surface area contributed by atoms with Crippen LogP contribution in [0.2, 0.25) is 10.0 Å². The van der Waals surface area contributed by atoms with Gasteiger partial charge in [-0.05, 0) is 42.8 Å². The second-order valence-electron chi connectivity index (χ2n) is 8.09. The lowest BCUT2D eigenvalue weighted by molar-refractivity contribution is -0.136. The molecule has 3 aromatic rings. The van der Waals surface area contributed by atoms with Gasteiger partial charge in [0, 0.05) is 37.8 Å². The molecule has 0 spiro atoms. The number of hydrogen-bond acceptors (Lipinski definition) is 7. The lowest BCUT2D eigenvalue weighted by Gasteiger charge is -2.41. The Bertz CT molecular complexity index is 1140. The lowest BCUT2D eigenvalue weighted by Crippen LogP contribution is -2.56. The molecule has 2 heterocycles. The Morgan fingerprint density at radius 3 is 2.88 bits per heavy atom. The number of fused-ring (bicyclic) bond motifs is 1. The first-order valence-corrected chi connectivity index (χ1v) is 12.8. The summed E-state index contributed by atoms with van der Waals surface area (Å²) >= 11 is 14.1. The predicted octanol–water partition coefficient (Wildman–Crippen LogP) is 4.84. The second-order valence-corrected chi connectivity index (χ2v) is 9.94. The maximum atomic E-state index is 11.0. The van der Waals surface area contributed by atoms with Gasteiger partial charge in [0.1, 0.15) is 12.4 Å². The van der Waals surface area contributed by atoms with E-state index in [4.69, 9.17) is 42.8 Å². The fourth-order valence-corrected chi connectivity index (χ4v) is 5.46. The SMILES string of the molecule is CCOCC1CN(c2nc3ccc(Cl)cc3s2)CCN1CCOc1cc(CC(=O)O)ccc1Cl. The van der Waals surface area contributed by atoms with Crippen molar-refractivity contribution >= 4 is 55.9 Å². The van der Waals surface area contributed by atoms with E-state index in [-0.39, 0.29) is 12.5 Å². The molecule has 1 N–H and O–H groups in total. The molecule has 0 saturated carbocycles. The monoisotopic (exact) mass is 523 g/mol. The molecule has 1 aliphatic heterocycles.